The predicted molar refractivity (Wildman–Crippen MR) is 103 cm³/mol. The van der Waals surface area contributed by atoms with E-state index in [4.69, 9.17) is 21.7 Å². The van der Waals surface area contributed by atoms with Gasteiger partial charge in [-0.15, -0.1) is 0 Å². The average Bonchev–Trinajstić information content (AvgIpc) is 2.90. The molecule has 1 saturated heterocycles. The highest BCUT2D eigenvalue weighted by Crippen LogP contribution is 2.38. The molecule has 2 aromatic rings. The smallest absolute Gasteiger partial charge is 0.270 e. The topological polar surface area (TPSA) is 59.0 Å². The summed E-state index contributed by atoms with van der Waals surface area (Å²) in [5.41, 5.74) is 1.16. The number of carbonyl (C=O) groups is 1. The first-order chi connectivity index (χ1) is 12.0. The van der Waals surface area contributed by atoms with E-state index in [1.54, 1.807) is 55.7 Å². The Balaban J connectivity index is 1.93. The second kappa shape index (κ2) is 7.16. The van der Waals surface area contributed by atoms with Crippen molar-refractivity contribution in [1.82, 2.24) is 0 Å². The molecule has 1 N–H and O–H groups in total. The van der Waals surface area contributed by atoms with E-state index in [0.29, 0.717) is 32.0 Å². The van der Waals surface area contributed by atoms with E-state index in [2.05, 4.69) is 0 Å². The van der Waals surface area contributed by atoms with Crippen LogP contribution < -0.4 is 14.4 Å². The van der Waals surface area contributed by atoms with Gasteiger partial charge in [-0.05, 0) is 36.4 Å². The minimum atomic E-state index is -0.234. The van der Waals surface area contributed by atoms with Crippen molar-refractivity contribution in [2.45, 2.75) is 0 Å². The summed E-state index contributed by atoms with van der Waals surface area (Å²) < 4.78 is 10.7. The number of rotatable bonds is 4. The second-order valence-corrected chi connectivity index (χ2v) is 6.79. The molecule has 1 fully saturated rings. The van der Waals surface area contributed by atoms with Crippen LogP contribution in [-0.2, 0) is 4.79 Å². The van der Waals surface area contributed by atoms with Crippen LogP contribution in [0.3, 0.4) is 0 Å². The highest BCUT2D eigenvalue weighted by atomic mass is 32.2. The number of thioether (sulfide) groups is 1. The fraction of sp³-hybridized carbons (Fsp3) is 0.111. The van der Waals surface area contributed by atoms with Gasteiger partial charge in [0, 0.05) is 5.56 Å². The maximum atomic E-state index is 12.7. The van der Waals surface area contributed by atoms with Crippen LogP contribution >= 0.6 is 24.0 Å². The Morgan fingerprint density at radius 3 is 2.48 bits per heavy atom. The van der Waals surface area contributed by atoms with Crippen LogP contribution in [-0.4, -0.2) is 29.6 Å². The van der Waals surface area contributed by atoms with Gasteiger partial charge < -0.3 is 14.6 Å². The van der Waals surface area contributed by atoms with Crippen molar-refractivity contribution in [1.29, 1.82) is 0 Å². The van der Waals surface area contributed by atoms with Gasteiger partial charge in [0.05, 0.1) is 24.8 Å². The van der Waals surface area contributed by atoms with Crippen molar-refractivity contribution in [3.63, 3.8) is 0 Å². The molecule has 1 aliphatic rings. The number of phenols is 1. The van der Waals surface area contributed by atoms with E-state index in [1.165, 1.54) is 23.8 Å². The van der Waals surface area contributed by atoms with Crippen molar-refractivity contribution in [3.8, 4) is 17.2 Å². The van der Waals surface area contributed by atoms with E-state index in [1.807, 2.05) is 0 Å². The standard InChI is InChI=1S/C18H15NO4S2/c1-22-13-8-6-12(7-9-13)19-17(21)15(25-18(19)24)10-11-4-3-5-14(23-2)16(11)20/h3-10,20H,1-2H3/b15-10+. The number of benzene rings is 2. The molecule has 1 heterocycles. The summed E-state index contributed by atoms with van der Waals surface area (Å²) in [5, 5.41) is 10.2. The highest BCUT2D eigenvalue weighted by Gasteiger charge is 2.33. The first-order valence-corrected chi connectivity index (χ1v) is 8.55. The number of anilines is 1. The summed E-state index contributed by atoms with van der Waals surface area (Å²) in [4.78, 5) is 14.6. The highest BCUT2D eigenvalue weighted by molar-refractivity contribution is 8.27. The number of hydrogen-bond acceptors (Lipinski definition) is 6. The minimum Gasteiger partial charge on any atom is -0.504 e. The number of carbonyl (C=O) groups excluding carboxylic acids is 1. The molecule has 0 aliphatic carbocycles. The largest absolute Gasteiger partial charge is 0.504 e. The lowest BCUT2D eigenvalue weighted by molar-refractivity contribution is -0.113. The molecule has 0 atom stereocenters. The van der Waals surface area contributed by atoms with E-state index in [0.717, 1.165) is 0 Å². The lowest BCUT2D eigenvalue weighted by atomic mass is 10.1. The maximum absolute atomic E-state index is 12.7. The van der Waals surface area contributed by atoms with Gasteiger partial charge in [0.15, 0.2) is 15.8 Å². The molecule has 1 amide bonds. The van der Waals surface area contributed by atoms with Gasteiger partial charge in [-0.3, -0.25) is 9.69 Å². The summed E-state index contributed by atoms with van der Waals surface area (Å²) >= 11 is 6.53. The maximum Gasteiger partial charge on any atom is 0.270 e. The first kappa shape index (κ1) is 17.3. The number of thiocarbonyl (C=S) groups is 1. The first-order valence-electron chi connectivity index (χ1n) is 7.33. The third-order valence-electron chi connectivity index (χ3n) is 3.66. The van der Waals surface area contributed by atoms with Crippen LogP contribution in [0.4, 0.5) is 5.69 Å². The van der Waals surface area contributed by atoms with Gasteiger partial charge in [0.1, 0.15) is 5.75 Å². The Bertz CT molecular complexity index is 862. The monoisotopic (exact) mass is 373 g/mol. The number of hydrogen-bond donors (Lipinski definition) is 1. The fourth-order valence-corrected chi connectivity index (χ4v) is 3.67. The third-order valence-corrected chi connectivity index (χ3v) is 4.96. The van der Waals surface area contributed by atoms with E-state index >= 15 is 0 Å². The fourth-order valence-electron chi connectivity index (χ4n) is 2.38. The molecule has 128 valence electrons. The van der Waals surface area contributed by atoms with Gasteiger partial charge in [0.25, 0.3) is 5.91 Å². The van der Waals surface area contributed by atoms with Crippen LogP contribution in [0.15, 0.2) is 47.4 Å². The zero-order chi connectivity index (χ0) is 18.0. The van der Waals surface area contributed by atoms with Gasteiger partial charge in [-0.2, -0.15) is 0 Å². The molecule has 2 aromatic carbocycles. The zero-order valence-electron chi connectivity index (χ0n) is 13.6. The van der Waals surface area contributed by atoms with Crippen LogP contribution in [0.5, 0.6) is 17.2 Å². The third kappa shape index (κ3) is 3.33. The number of methoxy groups -OCH3 is 2. The molecule has 0 spiro atoms. The second-order valence-electron chi connectivity index (χ2n) is 5.11. The molecule has 0 saturated carbocycles. The lowest BCUT2D eigenvalue weighted by Crippen LogP contribution is -2.27. The van der Waals surface area contributed by atoms with E-state index in [-0.39, 0.29) is 11.7 Å². The van der Waals surface area contributed by atoms with Gasteiger partial charge in [0.2, 0.25) is 0 Å². The van der Waals surface area contributed by atoms with Crippen molar-refractivity contribution >= 4 is 46.0 Å². The molecule has 5 nitrogen and oxygen atoms in total. The zero-order valence-corrected chi connectivity index (χ0v) is 15.2. The molecule has 25 heavy (non-hydrogen) atoms. The predicted octanol–water partition coefficient (Wildman–Crippen LogP) is 3.82. The Hall–Kier alpha value is -2.51. The van der Waals surface area contributed by atoms with Crippen molar-refractivity contribution < 1.29 is 19.4 Å². The summed E-state index contributed by atoms with van der Waals surface area (Å²) in [7, 11) is 3.06. The van der Waals surface area contributed by atoms with Crippen molar-refractivity contribution in [2.75, 3.05) is 19.1 Å². The Kier molecular flexibility index (Phi) is 4.96. The SMILES string of the molecule is COc1ccc(N2C(=O)/C(=C\c3cccc(OC)c3O)SC2=S)cc1. The molecular formula is C18H15NO4S2. The van der Waals surface area contributed by atoms with Crippen molar-refractivity contribution in [3.05, 3.63) is 52.9 Å². The quantitative estimate of drug-likeness (QED) is 0.650. The van der Waals surface area contributed by atoms with Crippen molar-refractivity contribution in [2.24, 2.45) is 0 Å². The minimum absolute atomic E-state index is 0.0142. The summed E-state index contributed by atoms with van der Waals surface area (Å²) in [6, 6.07) is 12.2. The number of aromatic hydroxyl groups is 1. The molecule has 7 heteroatoms. The number of para-hydroxylation sites is 1. The van der Waals surface area contributed by atoms with Crippen LogP contribution in [0.1, 0.15) is 5.56 Å². The Labute approximate surface area is 154 Å². The van der Waals surface area contributed by atoms with Gasteiger partial charge in [-0.25, -0.2) is 0 Å². The molecule has 0 unspecified atom stereocenters. The average molecular weight is 373 g/mol. The summed E-state index contributed by atoms with van der Waals surface area (Å²) in [6.07, 6.45) is 1.61. The van der Waals surface area contributed by atoms with Gasteiger partial charge >= 0.3 is 0 Å². The van der Waals surface area contributed by atoms with Crippen LogP contribution in [0.2, 0.25) is 0 Å². The Morgan fingerprint density at radius 2 is 1.84 bits per heavy atom. The molecule has 0 radical (unpaired) electrons. The summed E-state index contributed by atoms with van der Waals surface area (Å²) in [6.45, 7) is 0. The summed E-state index contributed by atoms with van der Waals surface area (Å²) in [5.74, 6) is 0.799. The number of nitrogens with zero attached hydrogens (tertiary/aromatic N) is 1. The van der Waals surface area contributed by atoms with Gasteiger partial charge in [-0.1, -0.05) is 36.1 Å². The molecular weight excluding hydrogens is 358 g/mol. The van der Waals surface area contributed by atoms with Crippen LogP contribution in [0.25, 0.3) is 6.08 Å². The number of ether oxygens (including phenoxy) is 2. The Morgan fingerprint density at radius 1 is 1.12 bits per heavy atom. The number of phenolic OH excluding ortho intramolecular Hbond substituents is 1. The van der Waals surface area contributed by atoms with Crippen LogP contribution in [0, 0.1) is 0 Å². The number of amides is 1. The lowest BCUT2D eigenvalue weighted by Gasteiger charge is -2.14. The molecule has 0 bridgehead atoms. The van der Waals surface area contributed by atoms with E-state index < -0.39 is 0 Å². The molecule has 3 rings (SSSR count). The molecule has 1 aliphatic heterocycles. The molecule has 0 aromatic heterocycles. The normalized spacial score (nSPS) is 15.8. The van der Waals surface area contributed by atoms with E-state index in [9.17, 15) is 9.90 Å².